The van der Waals surface area contributed by atoms with Crippen molar-refractivity contribution in [2.45, 2.75) is 59.2 Å². The van der Waals surface area contributed by atoms with E-state index in [1.54, 1.807) is 20.8 Å². The lowest BCUT2D eigenvalue weighted by atomic mass is 10.0. The minimum Gasteiger partial charge on any atom is -0.480 e. The Morgan fingerprint density at radius 2 is 1.73 bits per heavy atom. The number of anilines is 1. The molecule has 8 heteroatoms. The van der Waals surface area contributed by atoms with Gasteiger partial charge >= 0.3 is 12.1 Å². The first-order valence-corrected chi connectivity index (χ1v) is 8.27. The summed E-state index contributed by atoms with van der Waals surface area (Å²) in [4.78, 5) is 25.2. The Bertz CT molecular complexity index is 649. The molecular formula is C18H26F2N2O4. The maximum atomic E-state index is 13.7. The van der Waals surface area contributed by atoms with Crippen molar-refractivity contribution in [2.24, 2.45) is 5.92 Å². The number of carbonyl (C=O) groups is 2. The van der Waals surface area contributed by atoms with E-state index < -0.39 is 41.0 Å². The summed E-state index contributed by atoms with van der Waals surface area (Å²) in [6.07, 6.45) is -0.711. The Hall–Kier alpha value is -2.38. The van der Waals surface area contributed by atoms with E-state index in [-0.39, 0.29) is 24.4 Å². The van der Waals surface area contributed by atoms with Crippen LogP contribution in [0.4, 0.5) is 19.3 Å². The summed E-state index contributed by atoms with van der Waals surface area (Å²) in [6.45, 7) is 8.22. The molecule has 0 unspecified atom stereocenters. The predicted octanol–water partition coefficient (Wildman–Crippen LogP) is 3.78. The fourth-order valence-corrected chi connectivity index (χ4v) is 2.36. The molecule has 0 aliphatic heterocycles. The van der Waals surface area contributed by atoms with E-state index in [9.17, 15) is 23.5 Å². The second-order valence-corrected chi connectivity index (χ2v) is 7.56. The van der Waals surface area contributed by atoms with Gasteiger partial charge in [0.05, 0.1) is 6.54 Å². The molecule has 3 N–H and O–H groups in total. The van der Waals surface area contributed by atoms with Crippen molar-refractivity contribution >= 4 is 17.7 Å². The van der Waals surface area contributed by atoms with Crippen molar-refractivity contribution in [3.63, 3.8) is 0 Å². The van der Waals surface area contributed by atoms with E-state index in [1.807, 2.05) is 13.8 Å². The number of halogens is 2. The number of hydrogen-bond donors (Lipinski definition) is 2. The highest BCUT2D eigenvalue weighted by Gasteiger charge is 2.33. The number of carbonyl (C=O) groups excluding carboxylic acids is 1. The van der Waals surface area contributed by atoms with Crippen molar-refractivity contribution in [1.29, 1.82) is 0 Å². The molecule has 0 fully saturated rings. The number of nitrogens with zero attached hydrogens (tertiary/aromatic N) is 1. The molecule has 6 nitrogen and oxygen atoms in total. The van der Waals surface area contributed by atoms with E-state index in [4.69, 9.17) is 10.5 Å². The van der Waals surface area contributed by atoms with Crippen LogP contribution in [0.1, 0.15) is 46.6 Å². The molecule has 0 saturated carbocycles. The van der Waals surface area contributed by atoms with Crippen LogP contribution in [-0.2, 0) is 16.1 Å². The van der Waals surface area contributed by atoms with Crippen LogP contribution in [0.5, 0.6) is 0 Å². The first-order chi connectivity index (χ1) is 11.8. The number of nitrogens with two attached hydrogens (primary N) is 1. The summed E-state index contributed by atoms with van der Waals surface area (Å²) in [5, 5.41) is 9.55. The number of hydrogen-bond acceptors (Lipinski definition) is 4. The molecule has 1 aromatic carbocycles. The first kappa shape index (κ1) is 21.7. The Morgan fingerprint density at radius 3 is 2.12 bits per heavy atom. The van der Waals surface area contributed by atoms with Crippen LogP contribution in [0.2, 0.25) is 0 Å². The molecule has 0 aliphatic carbocycles. The van der Waals surface area contributed by atoms with Crippen molar-refractivity contribution in [3.8, 4) is 0 Å². The van der Waals surface area contributed by atoms with Crippen molar-refractivity contribution in [1.82, 2.24) is 4.90 Å². The lowest BCUT2D eigenvalue weighted by molar-refractivity contribution is -0.144. The summed E-state index contributed by atoms with van der Waals surface area (Å²) < 4.78 is 32.7. The molecule has 0 spiro atoms. The standard InChI is InChI=1S/C18H26F2N2O4/c1-10(2)6-14(16(23)24)22(17(25)26-18(3,4)5)9-11-7-12(19)15(21)13(20)8-11/h7-8,10,14H,6,9,21H2,1-5H3,(H,23,24)/t14-/m0/s1. The minimum atomic E-state index is -1.22. The second-order valence-electron chi connectivity index (χ2n) is 7.56. The minimum absolute atomic E-state index is 0.0269. The van der Waals surface area contributed by atoms with Crippen LogP contribution in [-0.4, -0.2) is 33.7 Å². The molecule has 1 atom stereocenters. The summed E-state index contributed by atoms with van der Waals surface area (Å²) in [7, 11) is 0. The fourth-order valence-electron chi connectivity index (χ4n) is 2.36. The monoisotopic (exact) mass is 372 g/mol. The normalized spacial score (nSPS) is 12.8. The number of amides is 1. The van der Waals surface area contributed by atoms with Crippen LogP contribution in [0.15, 0.2) is 12.1 Å². The molecule has 0 radical (unpaired) electrons. The van der Waals surface area contributed by atoms with Crippen molar-refractivity contribution < 1.29 is 28.2 Å². The van der Waals surface area contributed by atoms with Gasteiger partial charge in [0.2, 0.25) is 0 Å². The van der Waals surface area contributed by atoms with Gasteiger partial charge in [-0.3, -0.25) is 4.90 Å². The molecule has 146 valence electrons. The van der Waals surface area contributed by atoms with Crippen LogP contribution in [0, 0.1) is 17.6 Å². The summed E-state index contributed by atoms with van der Waals surface area (Å²) in [5.41, 5.74) is 3.84. The second kappa shape index (κ2) is 8.33. The van der Waals surface area contributed by atoms with Gasteiger partial charge in [-0.05, 0) is 50.8 Å². The van der Waals surface area contributed by atoms with Gasteiger partial charge in [0.25, 0.3) is 0 Å². The lowest BCUT2D eigenvalue weighted by Crippen LogP contribution is -2.47. The first-order valence-electron chi connectivity index (χ1n) is 8.27. The van der Waals surface area contributed by atoms with E-state index in [1.165, 1.54) is 0 Å². The predicted molar refractivity (Wildman–Crippen MR) is 93.4 cm³/mol. The molecular weight excluding hydrogens is 346 g/mol. The average molecular weight is 372 g/mol. The van der Waals surface area contributed by atoms with Gasteiger partial charge in [-0.2, -0.15) is 0 Å². The summed E-state index contributed by atoms with van der Waals surface area (Å²) in [6, 6.07) is 0.752. The zero-order chi connectivity index (χ0) is 20.2. The Labute approximate surface area is 151 Å². The quantitative estimate of drug-likeness (QED) is 0.741. The van der Waals surface area contributed by atoms with E-state index in [2.05, 4.69) is 0 Å². The molecule has 0 bridgehead atoms. The Balaban J connectivity index is 3.26. The highest BCUT2D eigenvalue weighted by atomic mass is 19.1. The maximum absolute atomic E-state index is 13.7. The summed E-state index contributed by atoms with van der Waals surface area (Å²) >= 11 is 0. The van der Waals surface area contributed by atoms with E-state index in [0.29, 0.717) is 0 Å². The molecule has 26 heavy (non-hydrogen) atoms. The fraction of sp³-hybridized carbons (Fsp3) is 0.556. The molecule has 0 aromatic heterocycles. The molecule has 0 aliphatic rings. The SMILES string of the molecule is CC(C)C[C@@H](C(=O)O)N(Cc1cc(F)c(N)c(F)c1)C(=O)OC(C)(C)C. The maximum Gasteiger partial charge on any atom is 0.411 e. The number of carboxylic acids is 1. The number of carboxylic acid groups (broad SMARTS) is 1. The largest absolute Gasteiger partial charge is 0.480 e. The zero-order valence-corrected chi connectivity index (χ0v) is 15.7. The number of aliphatic carboxylic acids is 1. The smallest absolute Gasteiger partial charge is 0.411 e. The highest BCUT2D eigenvalue weighted by molar-refractivity contribution is 5.80. The van der Waals surface area contributed by atoms with Gasteiger partial charge in [-0.25, -0.2) is 18.4 Å². The Kier molecular flexibility index (Phi) is 6.94. The van der Waals surface area contributed by atoms with Gasteiger partial charge < -0.3 is 15.6 Å². The number of rotatable bonds is 6. The third-order valence-electron chi connectivity index (χ3n) is 3.48. The third-order valence-corrected chi connectivity index (χ3v) is 3.48. The van der Waals surface area contributed by atoms with Crippen LogP contribution in [0.25, 0.3) is 0 Å². The summed E-state index contributed by atoms with van der Waals surface area (Å²) in [5.74, 6) is -3.19. The molecule has 1 amide bonds. The van der Waals surface area contributed by atoms with Gasteiger partial charge in [0, 0.05) is 0 Å². The van der Waals surface area contributed by atoms with Crippen molar-refractivity contribution in [3.05, 3.63) is 29.3 Å². The molecule has 0 heterocycles. The van der Waals surface area contributed by atoms with E-state index >= 15 is 0 Å². The number of benzene rings is 1. The molecule has 1 aromatic rings. The zero-order valence-electron chi connectivity index (χ0n) is 15.7. The van der Waals surface area contributed by atoms with Crippen LogP contribution >= 0.6 is 0 Å². The number of ether oxygens (including phenoxy) is 1. The van der Waals surface area contributed by atoms with Crippen molar-refractivity contribution in [2.75, 3.05) is 5.73 Å². The van der Waals surface area contributed by atoms with Gasteiger partial charge in [-0.15, -0.1) is 0 Å². The number of nitrogen functional groups attached to an aromatic ring is 1. The highest BCUT2D eigenvalue weighted by Crippen LogP contribution is 2.23. The lowest BCUT2D eigenvalue weighted by Gasteiger charge is -2.32. The molecule has 1 rings (SSSR count). The van der Waals surface area contributed by atoms with Crippen LogP contribution in [0.3, 0.4) is 0 Å². The van der Waals surface area contributed by atoms with E-state index in [0.717, 1.165) is 17.0 Å². The molecule has 0 saturated heterocycles. The average Bonchev–Trinajstić information content (AvgIpc) is 2.45. The van der Waals surface area contributed by atoms with Crippen LogP contribution < -0.4 is 5.73 Å². The van der Waals surface area contributed by atoms with Gasteiger partial charge in [0.1, 0.15) is 29.0 Å². The Morgan fingerprint density at radius 1 is 1.23 bits per heavy atom. The van der Waals surface area contributed by atoms with Gasteiger partial charge in [0.15, 0.2) is 0 Å². The topological polar surface area (TPSA) is 92.9 Å². The van der Waals surface area contributed by atoms with Gasteiger partial charge in [-0.1, -0.05) is 13.8 Å². The third kappa shape index (κ3) is 6.16.